The maximum absolute atomic E-state index is 12.4. The highest BCUT2D eigenvalue weighted by molar-refractivity contribution is 8.00. The monoisotopic (exact) mass is 326 g/mol. The van der Waals surface area contributed by atoms with Crippen molar-refractivity contribution in [1.29, 1.82) is 0 Å². The second-order valence-corrected chi connectivity index (χ2v) is 6.58. The number of carbonyl (C=O) groups excluding carboxylic acids is 2. The smallest absolute Gasteiger partial charge is 0.233 e. The molecule has 21 heavy (non-hydrogen) atoms. The van der Waals surface area contributed by atoms with Gasteiger partial charge in [0.25, 0.3) is 0 Å². The Hall–Kier alpha value is -1.20. The minimum atomic E-state index is -0.398. The summed E-state index contributed by atoms with van der Waals surface area (Å²) in [6, 6.07) is 7.82. The van der Waals surface area contributed by atoms with Gasteiger partial charge in [0.15, 0.2) is 0 Å². The molecule has 0 aliphatic heterocycles. The highest BCUT2D eigenvalue weighted by Crippen LogP contribution is 2.36. The third-order valence-corrected chi connectivity index (χ3v) is 4.75. The number of halogens is 1. The number of carbonyl (C=O) groups is 2. The van der Waals surface area contributed by atoms with E-state index in [0.717, 1.165) is 18.4 Å². The van der Waals surface area contributed by atoms with Crippen molar-refractivity contribution in [3.63, 3.8) is 0 Å². The van der Waals surface area contributed by atoms with Crippen molar-refractivity contribution < 1.29 is 9.59 Å². The standard InChI is InChI=1S/C15H19ClN2O2S/c1-10(12-4-2-3-5-13(12)16)18(11-6-7-11)15(20)9-21-8-14(17)19/h2-5,10-11H,6-9H2,1H3,(H2,17,19). The van der Waals surface area contributed by atoms with Gasteiger partial charge in [0.1, 0.15) is 0 Å². The van der Waals surface area contributed by atoms with Gasteiger partial charge in [-0.05, 0) is 31.4 Å². The average molecular weight is 327 g/mol. The molecule has 4 nitrogen and oxygen atoms in total. The average Bonchev–Trinajstić information content (AvgIpc) is 3.23. The fraction of sp³-hybridized carbons (Fsp3) is 0.467. The Labute approximate surface area is 134 Å². The van der Waals surface area contributed by atoms with Crippen LogP contribution in [-0.4, -0.2) is 34.3 Å². The molecule has 1 unspecified atom stereocenters. The van der Waals surface area contributed by atoms with Crippen molar-refractivity contribution in [2.45, 2.75) is 31.8 Å². The van der Waals surface area contributed by atoms with E-state index in [-0.39, 0.29) is 29.5 Å². The molecule has 1 aromatic carbocycles. The summed E-state index contributed by atoms with van der Waals surface area (Å²) in [6.45, 7) is 2.00. The summed E-state index contributed by atoms with van der Waals surface area (Å²) in [6.07, 6.45) is 2.06. The molecule has 2 N–H and O–H groups in total. The van der Waals surface area contributed by atoms with E-state index < -0.39 is 5.91 Å². The van der Waals surface area contributed by atoms with Gasteiger partial charge in [0.05, 0.1) is 17.5 Å². The van der Waals surface area contributed by atoms with Crippen molar-refractivity contribution in [2.75, 3.05) is 11.5 Å². The summed E-state index contributed by atoms with van der Waals surface area (Å²) in [5, 5.41) is 0.674. The second kappa shape index (κ2) is 7.18. The quantitative estimate of drug-likeness (QED) is 0.837. The molecule has 1 aliphatic rings. The van der Waals surface area contributed by atoms with Crippen molar-refractivity contribution in [3.8, 4) is 0 Å². The van der Waals surface area contributed by atoms with Crippen LogP contribution in [0, 0.1) is 0 Å². The fourth-order valence-electron chi connectivity index (χ4n) is 2.37. The Balaban J connectivity index is 2.06. The van der Waals surface area contributed by atoms with E-state index in [0.29, 0.717) is 5.02 Å². The van der Waals surface area contributed by atoms with Crippen LogP contribution in [0.5, 0.6) is 0 Å². The zero-order chi connectivity index (χ0) is 15.4. The van der Waals surface area contributed by atoms with Gasteiger partial charge in [-0.3, -0.25) is 9.59 Å². The van der Waals surface area contributed by atoms with Gasteiger partial charge in [-0.2, -0.15) is 0 Å². The van der Waals surface area contributed by atoms with Crippen LogP contribution in [0.25, 0.3) is 0 Å². The molecular formula is C15H19ClN2O2S. The molecule has 1 aliphatic carbocycles. The van der Waals surface area contributed by atoms with Crippen molar-refractivity contribution in [3.05, 3.63) is 34.9 Å². The predicted octanol–water partition coefficient (Wildman–Crippen LogP) is 2.61. The van der Waals surface area contributed by atoms with Gasteiger partial charge in [-0.25, -0.2) is 0 Å². The van der Waals surface area contributed by atoms with E-state index in [1.165, 1.54) is 11.8 Å². The molecule has 1 atom stereocenters. The minimum Gasteiger partial charge on any atom is -0.369 e. The maximum Gasteiger partial charge on any atom is 0.233 e. The topological polar surface area (TPSA) is 63.4 Å². The van der Waals surface area contributed by atoms with E-state index in [9.17, 15) is 9.59 Å². The Morgan fingerprint density at radius 3 is 2.62 bits per heavy atom. The third kappa shape index (κ3) is 4.38. The molecule has 2 rings (SSSR count). The van der Waals surface area contributed by atoms with Crippen LogP contribution in [0.1, 0.15) is 31.4 Å². The first-order chi connectivity index (χ1) is 10.0. The normalized spacial score (nSPS) is 15.5. The molecule has 1 saturated carbocycles. The fourth-order valence-corrected chi connectivity index (χ4v) is 3.29. The summed E-state index contributed by atoms with van der Waals surface area (Å²) in [5.74, 6) is 0.0833. The van der Waals surface area contributed by atoms with Crippen LogP contribution in [0.15, 0.2) is 24.3 Å². The number of hydrogen-bond donors (Lipinski definition) is 1. The molecule has 1 fully saturated rings. The molecular weight excluding hydrogens is 308 g/mol. The largest absolute Gasteiger partial charge is 0.369 e. The van der Waals surface area contributed by atoms with Crippen LogP contribution in [-0.2, 0) is 9.59 Å². The predicted molar refractivity (Wildman–Crippen MR) is 86.3 cm³/mol. The minimum absolute atomic E-state index is 0.0381. The molecule has 114 valence electrons. The van der Waals surface area contributed by atoms with E-state index in [1.54, 1.807) is 0 Å². The Kier molecular flexibility index (Phi) is 5.53. The van der Waals surface area contributed by atoms with Gasteiger partial charge in [0.2, 0.25) is 11.8 Å². The van der Waals surface area contributed by atoms with Gasteiger partial charge in [-0.15, -0.1) is 11.8 Å². The lowest BCUT2D eigenvalue weighted by atomic mass is 10.1. The second-order valence-electron chi connectivity index (χ2n) is 5.19. The molecule has 0 aromatic heterocycles. The summed E-state index contributed by atoms with van der Waals surface area (Å²) in [4.78, 5) is 25.1. The lowest BCUT2D eigenvalue weighted by molar-refractivity contribution is -0.131. The molecule has 2 amide bonds. The number of nitrogens with two attached hydrogens (primary N) is 1. The van der Waals surface area contributed by atoms with Gasteiger partial charge in [0, 0.05) is 11.1 Å². The molecule has 6 heteroatoms. The van der Waals surface area contributed by atoms with Gasteiger partial charge >= 0.3 is 0 Å². The third-order valence-electron chi connectivity index (χ3n) is 3.47. The molecule has 1 aromatic rings. The summed E-state index contributed by atoms with van der Waals surface area (Å²) >= 11 is 7.50. The molecule has 0 radical (unpaired) electrons. The van der Waals surface area contributed by atoms with E-state index in [2.05, 4.69) is 0 Å². The summed E-state index contributed by atoms with van der Waals surface area (Å²) in [5.41, 5.74) is 6.05. The summed E-state index contributed by atoms with van der Waals surface area (Å²) in [7, 11) is 0. The highest BCUT2D eigenvalue weighted by Gasteiger charge is 2.36. The first-order valence-corrected chi connectivity index (χ1v) is 8.45. The zero-order valence-corrected chi connectivity index (χ0v) is 13.5. The van der Waals surface area contributed by atoms with Crippen molar-refractivity contribution in [2.24, 2.45) is 5.73 Å². The lowest BCUT2D eigenvalue weighted by Crippen LogP contribution is -2.37. The number of hydrogen-bond acceptors (Lipinski definition) is 3. The number of amides is 2. The Morgan fingerprint density at radius 1 is 1.38 bits per heavy atom. The van der Waals surface area contributed by atoms with Crippen LogP contribution >= 0.6 is 23.4 Å². The maximum atomic E-state index is 12.4. The molecule has 0 heterocycles. The molecule has 0 saturated heterocycles. The molecule has 0 spiro atoms. The number of benzene rings is 1. The van der Waals surface area contributed by atoms with E-state index >= 15 is 0 Å². The van der Waals surface area contributed by atoms with E-state index in [1.807, 2.05) is 36.1 Å². The van der Waals surface area contributed by atoms with Crippen molar-refractivity contribution >= 4 is 35.2 Å². The first kappa shape index (κ1) is 16.2. The van der Waals surface area contributed by atoms with Crippen LogP contribution in [0.4, 0.5) is 0 Å². The van der Waals surface area contributed by atoms with Crippen LogP contribution < -0.4 is 5.73 Å². The highest BCUT2D eigenvalue weighted by atomic mass is 35.5. The first-order valence-electron chi connectivity index (χ1n) is 6.92. The number of thioether (sulfide) groups is 1. The Bertz CT molecular complexity index is 534. The Morgan fingerprint density at radius 2 is 2.05 bits per heavy atom. The SMILES string of the molecule is CC(c1ccccc1Cl)N(C(=O)CSCC(N)=O)C1CC1. The van der Waals surface area contributed by atoms with Gasteiger partial charge in [-0.1, -0.05) is 29.8 Å². The van der Waals surface area contributed by atoms with Crippen molar-refractivity contribution in [1.82, 2.24) is 4.90 Å². The van der Waals surface area contributed by atoms with Crippen LogP contribution in [0.3, 0.4) is 0 Å². The summed E-state index contributed by atoms with van der Waals surface area (Å²) < 4.78 is 0. The lowest BCUT2D eigenvalue weighted by Gasteiger charge is -2.30. The van der Waals surface area contributed by atoms with E-state index in [4.69, 9.17) is 17.3 Å². The number of primary amides is 1. The number of nitrogens with zero attached hydrogens (tertiary/aromatic N) is 1. The number of rotatable bonds is 7. The molecule has 0 bridgehead atoms. The van der Waals surface area contributed by atoms with Gasteiger partial charge < -0.3 is 10.6 Å². The zero-order valence-electron chi connectivity index (χ0n) is 11.9. The van der Waals surface area contributed by atoms with Crippen LogP contribution in [0.2, 0.25) is 5.02 Å².